The summed E-state index contributed by atoms with van der Waals surface area (Å²) in [7, 11) is 0. The van der Waals surface area contributed by atoms with E-state index in [1.165, 1.54) is 18.5 Å². The van der Waals surface area contributed by atoms with Crippen LogP contribution in [0.3, 0.4) is 0 Å². The van der Waals surface area contributed by atoms with Crippen molar-refractivity contribution in [2.45, 2.75) is 0 Å². The van der Waals surface area contributed by atoms with Crippen molar-refractivity contribution in [3.63, 3.8) is 0 Å². The van der Waals surface area contributed by atoms with E-state index in [2.05, 4.69) is 15.2 Å². The third-order valence-corrected chi connectivity index (χ3v) is 0.672. The predicted molar refractivity (Wildman–Crippen MR) is 47.8 cm³/mol. The van der Waals surface area contributed by atoms with Crippen molar-refractivity contribution >= 4 is 18.1 Å². The molecule has 0 aliphatic carbocycles. The van der Waals surface area contributed by atoms with Gasteiger partial charge in [-0.1, -0.05) is 0 Å². The first-order valence-corrected chi connectivity index (χ1v) is 3.04. The van der Waals surface area contributed by atoms with Crippen molar-refractivity contribution in [2.24, 2.45) is 33.1 Å². The summed E-state index contributed by atoms with van der Waals surface area (Å²) in [4.78, 5) is 2.52. The van der Waals surface area contributed by atoms with Crippen molar-refractivity contribution in [1.82, 2.24) is 0 Å². The first-order valence-electron chi connectivity index (χ1n) is 3.04. The number of nitrogens with one attached hydrogen (secondary N) is 1. The largest absolute Gasteiger partial charge is 0.369 e. The molecule has 0 aliphatic rings. The third kappa shape index (κ3) is 7.95. The van der Waals surface area contributed by atoms with Crippen LogP contribution in [-0.2, 0) is 0 Å². The first-order chi connectivity index (χ1) is 5.63. The number of guanidine groups is 2. The molecule has 0 spiro atoms. The number of hydrogen-bond donors (Lipinski definition) is 5. The van der Waals surface area contributed by atoms with Crippen molar-refractivity contribution < 1.29 is 4.99 Å². The van der Waals surface area contributed by atoms with Gasteiger partial charge in [0.2, 0.25) is 5.96 Å². The molecule has 0 saturated carbocycles. The zero-order valence-electron chi connectivity index (χ0n) is 6.44. The normalized spacial score (nSPS) is 10.3. The molecular formula is C5H12N7+. The lowest BCUT2D eigenvalue weighted by Crippen LogP contribution is -2.72. The second-order valence-corrected chi connectivity index (χ2v) is 1.75. The van der Waals surface area contributed by atoms with Gasteiger partial charge < -0.3 is 11.5 Å². The Balaban J connectivity index is 3.83. The second-order valence-electron chi connectivity index (χ2n) is 1.75. The Morgan fingerprint density at radius 3 is 2.33 bits per heavy atom. The fourth-order valence-electron chi connectivity index (χ4n) is 0.326. The molecule has 0 rings (SSSR count). The standard InChI is InChI=1S/C5H11N7/c6-4(7)10-2-1-3-11-12-5(8)9/h1-3H,(H4,6,7,10)(H4,8,9,12)/p+1/b2-1+,11-3+. The fourth-order valence-corrected chi connectivity index (χ4v) is 0.326. The minimum Gasteiger partial charge on any atom is -0.369 e. The second kappa shape index (κ2) is 5.71. The van der Waals surface area contributed by atoms with E-state index < -0.39 is 0 Å². The highest BCUT2D eigenvalue weighted by molar-refractivity contribution is 5.77. The Labute approximate surface area is 69.5 Å². The first kappa shape index (κ1) is 9.95. The minimum atomic E-state index is -0.0995. The number of rotatable bonds is 3. The van der Waals surface area contributed by atoms with Gasteiger partial charge in [-0.3, -0.25) is 16.5 Å². The molecule has 12 heavy (non-hydrogen) atoms. The molecule has 0 heterocycles. The molecule has 0 aliphatic heterocycles. The summed E-state index contributed by atoms with van der Waals surface area (Å²) in [6, 6.07) is 0. The highest BCUT2D eigenvalue weighted by atomic mass is 15.3. The Morgan fingerprint density at radius 2 is 1.83 bits per heavy atom. The van der Waals surface area contributed by atoms with Crippen LogP contribution < -0.4 is 27.9 Å². The Morgan fingerprint density at radius 1 is 1.17 bits per heavy atom. The van der Waals surface area contributed by atoms with Crippen molar-refractivity contribution in [1.29, 1.82) is 0 Å². The van der Waals surface area contributed by atoms with Gasteiger partial charge in [-0.2, -0.15) is 5.10 Å². The van der Waals surface area contributed by atoms with Crippen LogP contribution in [-0.4, -0.2) is 18.1 Å². The fraction of sp³-hybridized carbons (Fsp3) is 0. The van der Waals surface area contributed by atoms with Gasteiger partial charge in [0, 0.05) is 0 Å². The molecule has 0 bridgehead atoms. The lowest BCUT2D eigenvalue weighted by molar-refractivity contribution is -0.374. The molecule has 0 saturated heterocycles. The molecule has 0 fully saturated rings. The van der Waals surface area contributed by atoms with Gasteiger partial charge in [-0.15, -0.1) is 5.10 Å². The van der Waals surface area contributed by atoms with Crippen LogP contribution in [0.25, 0.3) is 0 Å². The molecule has 0 unspecified atom stereocenters. The Hall–Kier alpha value is -2.05. The summed E-state index contributed by atoms with van der Waals surface area (Å²) >= 11 is 0. The third-order valence-electron chi connectivity index (χ3n) is 0.672. The lowest BCUT2D eigenvalue weighted by Gasteiger charge is -1.80. The molecule has 66 valence electrons. The summed E-state index contributed by atoms with van der Waals surface area (Å²) in [6.07, 6.45) is 4.39. The summed E-state index contributed by atoms with van der Waals surface area (Å²) in [5.74, 6) is -0.000926. The van der Waals surface area contributed by atoms with E-state index >= 15 is 0 Å². The minimum absolute atomic E-state index is 0.0986. The molecule has 0 aromatic carbocycles. The molecule has 0 aromatic heterocycles. The Bertz CT molecular complexity index is 202. The van der Waals surface area contributed by atoms with Crippen LogP contribution in [0.5, 0.6) is 0 Å². The van der Waals surface area contributed by atoms with Gasteiger partial charge in [0.05, 0.1) is 12.4 Å². The van der Waals surface area contributed by atoms with Crippen LogP contribution >= 0.6 is 0 Å². The number of allylic oxidation sites excluding steroid dienone is 1. The summed E-state index contributed by atoms with van der Waals surface area (Å²) in [6.45, 7) is 0. The smallest absolute Gasteiger partial charge is 0.343 e. The van der Waals surface area contributed by atoms with E-state index in [4.69, 9.17) is 22.9 Å². The van der Waals surface area contributed by atoms with E-state index in [0.717, 1.165) is 0 Å². The van der Waals surface area contributed by atoms with Gasteiger partial charge in [-0.25, -0.2) is 0 Å². The predicted octanol–water partition coefficient (Wildman–Crippen LogP) is -3.89. The maximum absolute atomic E-state index is 5.08. The van der Waals surface area contributed by atoms with E-state index in [1.807, 2.05) is 0 Å². The molecular weight excluding hydrogens is 158 g/mol. The highest BCUT2D eigenvalue weighted by Gasteiger charge is 1.76. The van der Waals surface area contributed by atoms with Crippen LogP contribution in [0, 0.1) is 0 Å². The van der Waals surface area contributed by atoms with Crippen molar-refractivity contribution in [3.8, 4) is 0 Å². The maximum Gasteiger partial charge on any atom is 0.343 e. The average molecular weight is 170 g/mol. The number of nitrogens with zero attached hydrogens (tertiary/aromatic N) is 2. The number of nitrogens with two attached hydrogens (primary N) is 4. The van der Waals surface area contributed by atoms with E-state index in [-0.39, 0.29) is 11.9 Å². The highest BCUT2D eigenvalue weighted by Crippen LogP contribution is 1.65. The molecule has 0 radical (unpaired) electrons. The lowest BCUT2D eigenvalue weighted by atomic mass is 10.7. The van der Waals surface area contributed by atoms with Crippen LogP contribution in [0.15, 0.2) is 22.5 Å². The number of hydrogen-bond acceptors (Lipinski definition) is 2. The van der Waals surface area contributed by atoms with Gasteiger partial charge in [0.15, 0.2) is 0 Å². The van der Waals surface area contributed by atoms with E-state index in [9.17, 15) is 0 Å². The van der Waals surface area contributed by atoms with Gasteiger partial charge >= 0.3 is 5.96 Å². The molecule has 7 nitrogen and oxygen atoms in total. The maximum atomic E-state index is 5.08. The van der Waals surface area contributed by atoms with Crippen LogP contribution in [0.2, 0.25) is 0 Å². The van der Waals surface area contributed by atoms with E-state index in [1.54, 1.807) is 0 Å². The zero-order valence-corrected chi connectivity index (χ0v) is 6.44. The van der Waals surface area contributed by atoms with E-state index in [0.29, 0.717) is 0 Å². The monoisotopic (exact) mass is 170 g/mol. The molecule has 9 N–H and O–H groups in total. The topological polar surface area (TPSA) is 143 Å². The SMILES string of the molecule is NC(N)=N/N=C/C=C/[NH+]=C(N)N. The summed E-state index contributed by atoms with van der Waals surface area (Å²) < 4.78 is 0. The van der Waals surface area contributed by atoms with Gasteiger partial charge in [0.25, 0.3) is 0 Å². The van der Waals surface area contributed by atoms with Crippen molar-refractivity contribution in [2.75, 3.05) is 0 Å². The molecule has 0 amide bonds. The quantitative estimate of drug-likeness (QED) is 0.167. The van der Waals surface area contributed by atoms with Gasteiger partial charge in [-0.05, 0) is 6.08 Å². The summed E-state index contributed by atoms with van der Waals surface area (Å²) in [5, 5.41) is 6.80. The van der Waals surface area contributed by atoms with Gasteiger partial charge in [0.1, 0.15) is 0 Å². The van der Waals surface area contributed by atoms with Crippen LogP contribution in [0.1, 0.15) is 0 Å². The Kier molecular flexibility index (Phi) is 4.74. The molecule has 0 aromatic rings. The van der Waals surface area contributed by atoms with Crippen LogP contribution in [0.4, 0.5) is 0 Å². The molecule has 0 atom stereocenters. The average Bonchev–Trinajstić information content (AvgIpc) is 1.95. The van der Waals surface area contributed by atoms with Crippen molar-refractivity contribution in [3.05, 3.63) is 12.3 Å². The zero-order chi connectivity index (χ0) is 9.40. The molecule has 7 heteroatoms. The summed E-state index contributed by atoms with van der Waals surface area (Å²) in [5.41, 5.74) is 20.1.